The highest BCUT2D eigenvalue weighted by molar-refractivity contribution is 5.92. The zero-order valence-corrected chi connectivity index (χ0v) is 12.6. The fourth-order valence-corrected chi connectivity index (χ4v) is 2.71. The van der Waals surface area contributed by atoms with Gasteiger partial charge in [-0.25, -0.2) is 9.37 Å². The SMILES string of the molecule is N#Cc1nc(NC(=O)C2CCN(c3ccccc3F)C2)[nH]c1C#N. The van der Waals surface area contributed by atoms with Crippen LogP contribution in [0.1, 0.15) is 17.8 Å². The van der Waals surface area contributed by atoms with Gasteiger partial charge in [-0.15, -0.1) is 0 Å². The number of anilines is 2. The van der Waals surface area contributed by atoms with Crippen LogP contribution in [0.25, 0.3) is 0 Å². The summed E-state index contributed by atoms with van der Waals surface area (Å²) in [5, 5.41) is 20.3. The van der Waals surface area contributed by atoms with Gasteiger partial charge in [0.2, 0.25) is 11.9 Å². The second-order valence-electron chi connectivity index (χ2n) is 5.40. The number of H-pyrrole nitrogens is 1. The van der Waals surface area contributed by atoms with Crippen molar-refractivity contribution >= 4 is 17.5 Å². The Bertz CT molecular complexity index is 831. The molecule has 1 saturated heterocycles. The lowest BCUT2D eigenvalue weighted by Gasteiger charge is -2.18. The molecule has 1 aliphatic rings. The summed E-state index contributed by atoms with van der Waals surface area (Å²) in [5.74, 6) is -0.860. The van der Waals surface area contributed by atoms with Gasteiger partial charge in [0.25, 0.3) is 0 Å². The number of hydrogen-bond donors (Lipinski definition) is 2. The summed E-state index contributed by atoms with van der Waals surface area (Å²) >= 11 is 0. The number of hydrogen-bond acceptors (Lipinski definition) is 5. The molecule has 0 radical (unpaired) electrons. The molecule has 0 saturated carbocycles. The van der Waals surface area contributed by atoms with E-state index in [9.17, 15) is 9.18 Å². The van der Waals surface area contributed by atoms with Gasteiger partial charge < -0.3 is 9.88 Å². The molecular weight excluding hydrogens is 311 g/mol. The molecule has 1 aromatic heterocycles. The average molecular weight is 324 g/mol. The first-order chi connectivity index (χ1) is 11.6. The topological polar surface area (TPSA) is 109 Å². The van der Waals surface area contributed by atoms with Crippen LogP contribution in [0.3, 0.4) is 0 Å². The van der Waals surface area contributed by atoms with E-state index in [4.69, 9.17) is 10.5 Å². The van der Waals surface area contributed by atoms with Gasteiger partial charge in [0.1, 0.15) is 18.0 Å². The smallest absolute Gasteiger partial charge is 0.231 e. The number of carbonyl (C=O) groups excluding carboxylic acids is 1. The number of amides is 1. The van der Waals surface area contributed by atoms with Crippen LogP contribution in [0.4, 0.5) is 16.0 Å². The van der Waals surface area contributed by atoms with Crippen LogP contribution in [0, 0.1) is 34.4 Å². The Kier molecular flexibility index (Phi) is 4.13. The zero-order valence-electron chi connectivity index (χ0n) is 12.6. The summed E-state index contributed by atoms with van der Waals surface area (Å²) in [5.41, 5.74) is 0.420. The van der Waals surface area contributed by atoms with Crippen LogP contribution in [0.5, 0.6) is 0 Å². The van der Waals surface area contributed by atoms with Gasteiger partial charge in [-0.2, -0.15) is 10.5 Å². The van der Waals surface area contributed by atoms with Crippen molar-refractivity contribution in [3.63, 3.8) is 0 Å². The zero-order chi connectivity index (χ0) is 17.1. The number of nitrogens with zero attached hydrogens (tertiary/aromatic N) is 4. The van der Waals surface area contributed by atoms with Gasteiger partial charge in [-0.1, -0.05) is 12.1 Å². The number of nitrogens with one attached hydrogen (secondary N) is 2. The third-order valence-electron chi connectivity index (χ3n) is 3.92. The molecule has 2 aromatic rings. The van der Waals surface area contributed by atoms with Crippen molar-refractivity contribution in [1.29, 1.82) is 10.5 Å². The molecule has 1 atom stereocenters. The Hall–Kier alpha value is -3.39. The minimum absolute atomic E-state index is 0.00667. The lowest BCUT2D eigenvalue weighted by Crippen LogP contribution is -2.27. The first kappa shape index (κ1) is 15.5. The molecule has 8 heteroatoms. The molecule has 1 unspecified atom stereocenters. The van der Waals surface area contributed by atoms with Gasteiger partial charge in [-0.05, 0) is 18.6 Å². The predicted molar refractivity (Wildman–Crippen MR) is 83.4 cm³/mol. The molecule has 3 rings (SSSR count). The lowest BCUT2D eigenvalue weighted by molar-refractivity contribution is -0.119. The van der Waals surface area contributed by atoms with Gasteiger partial charge in [0.05, 0.1) is 11.6 Å². The normalized spacial score (nSPS) is 16.5. The van der Waals surface area contributed by atoms with Crippen LogP contribution < -0.4 is 10.2 Å². The molecule has 1 amide bonds. The molecule has 120 valence electrons. The molecular formula is C16H13FN6O. The minimum atomic E-state index is -0.328. The molecule has 1 aliphatic heterocycles. The Labute approximate surface area is 137 Å². The molecule has 7 nitrogen and oxygen atoms in total. The summed E-state index contributed by atoms with van der Waals surface area (Å²) < 4.78 is 13.8. The van der Waals surface area contributed by atoms with Gasteiger partial charge in [0.15, 0.2) is 11.4 Å². The van der Waals surface area contributed by atoms with Gasteiger partial charge in [0, 0.05) is 13.1 Å². The molecule has 1 aromatic carbocycles. The minimum Gasteiger partial charge on any atom is -0.368 e. The van der Waals surface area contributed by atoms with E-state index < -0.39 is 0 Å². The second-order valence-corrected chi connectivity index (χ2v) is 5.40. The van der Waals surface area contributed by atoms with E-state index >= 15 is 0 Å². The highest BCUT2D eigenvalue weighted by Crippen LogP contribution is 2.26. The van der Waals surface area contributed by atoms with E-state index in [-0.39, 0.29) is 35.0 Å². The van der Waals surface area contributed by atoms with Crippen molar-refractivity contribution in [1.82, 2.24) is 9.97 Å². The van der Waals surface area contributed by atoms with Gasteiger partial charge >= 0.3 is 0 Å². The summed E-state index contributed by atoms with van der Waals surface area (Å²) in [6, 6.07) is 10.0. The standard InChI is InChI=1S/C16H13FN6O/c17-11-3-1-2-4-14(11)23-6-5-10(9-23)15(24)22-16-20-12(7-18)13(8-19)21-16/h1-4,10H,5-6,9H2,(H2,20,21,22,24). The summed E-state index contributed by atoms with van der Waals surface area (Å²) in [6.45, 7) is 0.966. The molecule has 1 fully saturated rings. The van der Waals surface area contributed by atoms with Crippen LogP contribution in [0.2, 0.25) is 0 Å². The Morgan fingerprint density at radius 3 is 2.83 bits per heavy atom. The van der Waals surface area contributed by atoms with E-state index in [1.807, 2.05) is 4.90 Å². The lowest BCUT2D eigenvalue weighted by atomic mass is 10.1. The van der Waals surface area contributed by atoms with Gasteiger partial charge in [-0.3, -0.25) is 10.1 Å². The maximum atomic E-state index is 13.8. The molecule has 0 spiro atoms. The summed E-state index contributed by atoms with van der Waals surface area (Å²) in [7, 11) is 0. The van der Waals surface area contributed by atoms with Crippen molar-refractivity contribution < 1.29 is 9.18 Å². The van der Waals surface area contributed by atoms with Crippen LogP contribution in [-0.2, 0) is 4.79 Å². The molecule has 0 aliphatic carbocycles. The fraction of sp³-hybridized carbons (Fsp3) is 0.250. The van der Waals surface area contributed by atoms with Crippen molar-refractivity contribution in [3.05, 3.63) is 41.5 Å². The number of imidazole rings is 1. The number of benzene rings is 1. The van der Waals surface area contributed by atoms with Crippen LogP contribution in [0.15, 0.2) is 24.3 Å². The number of nitriles is 2. The van der Waals surface area contributed by atoms with Crippen LogP contribution >= 0.6 is 0 Å². The van der Waals surface area contributed by atoms with Crippen molar-refractivity contribution in [3.8, 4) is 12.1 Å². The van der Waals surface area contributed by atoms with E-state index in [2.05, 4.69) is 15.3 Å². The van der Waals surface area contributed by atoms with E-state index in [0.29, 0.717) is 25.2 Å². The largest absolute Gasteiger partial charge is 0.368 e. The Morgan fingerprint density at radius 2 is 2.17 bits per heavy atom. The molecule has 2 N–H and O–H groups in total. The summed E-state index contributed by atoms with van der Waals surface area (Å²) in [4.78, 5) is 20.6. The van der Waals surface area contributed by atoms with E-state index in [1.54, 1.807) is 30.3 Å². The number of rotatable bonds is 3. The molecule has 2 heterocycles. The van der Waals surface area contributed by atoms with E-state index in [0.717, 1.165) is 0 Å². The third kappa shape index (κ3) is 2.90. The molecule has 24 heavy (non-hydrogen) atoms. The van der Waals surface area contributed by atoms with Crippen molar-refractivity contribution in [2.24, 2.45) is 5.92 Å². The number of para-hydroxylation sites is 1. The number of carbonyl (C=O) groups is 1. The Balaban J connectivity index is 1.67. The predicted octanol–water partition coefficient (Wildman–Crippen LogP) is 1.76. The van der Waals surface area contributed by atoms with Crippen LogP contribution in [-0.4, -0.2) is 29.0 Å². The quantitative estimate of drug-likeness (QED) is 0.894. The fourth-order valence-electron chi connectivity index (χ4n) is 2.71. The number of aromatic amines is 1. The van der Waals surface area contributed by atoms with E-state index in [1.165, 1.54) is 6.07 Å². The monoisotopic (exact) mass is 324 g/mol. The number of aromatic nitrogens is 2. The first-order valence-electron chi connectivity index (χ1n) is 7.33. The van der Waals surface area contributed by atoms with Crippen molar-refractivity contribution in [2.45, 2.75) is 6.42 Å². The second kappa shape index (κ2) is 6.39. The highest BCUT2D eigenvalue weighted by Gasteiger charge is 2.30. The first-order valence-corrected chi connectivity index (χ1v) is 7.33. The summed E-state index contributed by atoms with van der Waals surface area (Å²) in [6.07, 6.45) is 0.580. The van der Waals surface area contributed by atoms with Crippen molar-refractivity contribution in [2.75, 3.05) is 23.3 Å². The highest BCUT2D eigenvalue weighted by atomic mass is 19.1. The maximum absolute atomic E-state index is 13.8. The average Bonchev–Trinajstić information content (AvgIpc) is 3.21. The third-order valence-corrected chi connectivity index (χ3v) is 3.92. The number of halogens is 1. The maximum Gasteiger partial charge on any atom is 0.231 e. The molecule has 0 bridgehead atoms. The Morgan fingerprint density at radius 1 is 1.38 bits per heavy atom.